The van der Waals surface area contributed by atoms with Crippen molar-refractivity contribution in [3.8, 4) is 5.69 Å². The molecule has 1 saturated carbocycles. The molecule has 1 fully saturated rings. The smallest absolute Gasteiger partial charge is 0.294 e. The number of hydrogen-bond acceptors (Lipinski definition) is 7. The summed E-state index contributed by atoms with van der Waals surface area (Å²) in [5.41, 5.74) is 3.66. The van der Waals surface area contributed by atoms with Crippen molar-refractivity contribution in [3.63, 3.8) is 0 Å². The van der Waals surface area contributed by atoms with Crippen LogP contribution in [0.25, 0.3) is 16.6 Å². The zero-order valence-electron chi connectivity index (χ0n) is 23.5. The number of amides is 1. The van der Waals surface area contributed by atoms with E-state index in [0.29, 0.717) is 22.2 Å². The van der Waals surface area contributed by atoms with E-state index in [2.05, 4.69) is 15.2 Å². The molecule has 1 aromatic heterocycles. The highest BCUT2D eigenvalue weighted by atomic mass is 32.2. The Labute approximate surface area is 244 Å². The van der Waals surface area contributed by atoms with E-state index in [1.807, 2.05) is 52.2 Å². The fourth-order valence-corrected chi connectivity index (χ4v) is 5.46. The monoisotopic (exact) mass is 594 g/mol. The van der Waals surface area contributed by atoms with Gasteiger partial charge in [0.15, 0.2) is 0 Å². The number of fused-ring (bicyclic) bond motifs is 1. The van der Waals surface area contributed by atoms with Crippen LogP contribution in [0, 0.1) is 13.8 Å². The molecule has 0 aliphatic heterocycles. The average molecular weight is 595 g/mol. The van der Waals surface area contributed by atoms with Crippen LogP contribution in [-0.2, 0) is 10.1 Å². The second-order valence-corrected chi connectivity index (χ2v) is 12.9. The van der Waals surface area contributed by atoms with Crippen molar-refractivity contribution in [3.05, 3.63) is 94.0 Å². The van der Waals surface area contributed by atoms with Gasteiger partial charge in [-0.2, -0.15) is 8.42 Å². The molecule has 9 nitrogen and oxygen atoms in total. The number of benzene rings is 3. The Morgan fingerprint density at radius 1 is 1.07 bits per heavy atom. The quantitative estimate of drug-likeness (QED) is 0.226. The highest BCUT2D eigenvalue weighted by Gasteiger charge is 2.24. The fourth-order valence-electron chi connectivity index (χ4n) is 3.93. The maximum absolute atomic E-state index is 13.3. The van der Waals surface area contributed by atoms with Crippen molar-refractivity contribution in [1.29, 1.82) is 0 Å². The lowest BCUT2D eigenvalue weighted by atomic mass is 10.1. The molecule has 4 aromatic rings. The Morgan fingerprint density at radius 2 is 1.78 bits per heavy atom. The lowest BCUT2D eigenvalue weighted by Gasteiger charge is -2.13. The van der Waals surface area contributed by atoms with Crippen molar-refractivity contribution < 1.29 is 17.8 Å². The summed E-state index contributed by atoms with van der Waals surface area (Å²) in [6.07, 6.45) is 3.62. The zero-order valence-corrected chi connectivity index (χ0v) is 25.1. The molecule has 1 amide bonds. The van der Waals surface area contributed by atoms with E-state index in [-0.39, 0.29) is 22.4 Å². The molecular weight excluding hydrogens is 560 g/mol. The SMILES string of the molecule is Cc1ccc(C(=O)NC2CC2)cc1-n1cnc2ccc(SCCN(C)C)cc2c1=O.Cc1ccc(S(=O)(=O)O)cc1. The van der Waals surface area contributed by atoms with Gasteiger partial charge in [0.25, 0.3) is 21.6 Å². The Balaban J connectivity index is 0.000000296. The van der Waals surface area contributed by atoms with Gasteiger partial charge < -0.3 is 10.2 Å². The molecule has 11 heteroatoms. The number of aryl methyl sites for hydroxylation is 2. The van der Waals surface area contributed by atoms with Crippen molar-refractivity contribution in [1.82, 2.24) is 19.8 Å². The Bertz CT molecular complexity index is 1710. The van der Waals surface area contributed by atoms with E-state index < -0.39 is 10.1 Å². The van der Waals surface area contributed by atoms with E-state index in [1.165, 1.54) is 12.1 Å². The first-order valence-corrected chi connectivity index (χ1v) is 15.6. The summed E-state index contributed by atoms with van der Waals surface area (Å²) in [6.45, 7) is 4.74. The number of rotatable bonds is 8. The highest BCUT2D eigenvalue weighted by Crippen LogP contribution is 2.23. The lowest BCUT2D eigenvalue weighted by molar-refractivity contribution is 0.0951. The number of aromatic nitrogens is 2. The van der Waals surface area contributed by atoms with E-state index in [9.17, 15) is 18.0 Å². The van der Waals surface area contributed by atoms with Crippen molar-refractivity contribution in [2.75, 3.05) is 26.4 Å². The maximum atomic E-state index is 13.3. The van der Waals surface area contributed by atoms with Gasteiger partial charge in [-0.05, 0) is 88.8 Å². The summed E-state index contributed by atoms with van der Waals surface area (Å²) < 4.78 is 31.1. The molecule has 3 aromatic carbocycles. The molecule has 1 aliphatic carbocycles. The zero-order chi connectivity index (χ0) is 29.7. The summed E-state index contributed by atoms with van der Waals surface area (Å²) in [4.78, 5) is 33.4. The molecule has 0 bridgehead atoms. The van der Waals surface area contributed by atoms with Crippen LogP contribution in [0.2, 0.25) is 0 Å². The molecule has 0 saturated heterocycles. The third kappa shape index (κ3) is 8.26. The van der Waals surface area contributed by atoms with E-state index in [1.54, 1.807) is 46.9 Å². The topological polar surface area (TPSA) is 122 Å². The summed E-state index contributed by atoms with van der Waals surface area (Å²) >= 11 is 1.72. The summed E-state index contributed by atoms with van der Waals surface area (Å²) in [7, 11) is 0.0735. The van der Waals surface area contributed by atoms with Crippen LogP contribution < -0.4 is 10.9 Å². The Kier molecular flexibility index (Phi) is 9.64. The van der Waals surface area contributed by atoms with Gasteiger partial charge in [-0.25, -0.2) is 4.98 Å². The first kappa shape index (κ1) is 30.4. The summed E-state index contributed by atoms with van der Waals surface area (Å²) in [5, 5.41) is 3.58. The highest BCUT2D eigenvalue weighted by molar-refractivity contribution is 7.99. The van der Waals surface area contributed by atoms with Crippen LogP contribution in [0.15, 0.2) is 81.6 Å². The minimum Gasteiger partial charge on any atom is -0.349 e. The number of nitrogens with zero attached hydrogens (tertiary/aromatic N) is 3. The van der Waals surface area contributed by atoms with Crippen molar-refractivity contribution in [2.24, 2.45) is 0 Å². The molecular formula is C30H34N4O5S2. The second kappa shape index (κ2) is 13.0. The summed E-state index contributed by atoms with van der Waals surface area (Å²) in [6, 6.07) is 17.5. The predicted molar refractivity (Wildman–Crippen MR) is 163 cm³/mol. The maximum Gasteiger partial charge on any atom is 0.294 e. The van der Waals surface area contributed by atoms with Gasteiger partial charge in [0.2, 0.25) is 0 Å². The first-order valence-electron chi connectivity index (χ1n) is 13.2. The number of thioether (sulfide) groups is 1. The van der Waals surface area contributed by atoms with Crippen LogP contribution in [0.5, 0.6) is 0 Å². The minimum atomic E-state index is -4.02. The van der Waals surface area contributed by atoms with Gasteiger partial charge in [-0.3, -0.25) is 18.7 Å². The number of carbonyl (C=O) groups is 1. The molecule has 0 unspecified atom stereocenters. The molecule has 0 atom stereocenters. The largest absolute Gasteiger partial charge is 0.349 e. The van der Waals surface area contributed by atoms with E-state index >= 15 is 0 Å². The Hall–Kier alpha value is -3.51. The van der Waals surface area contributed by atoms with Gasteiger partial charge >= 0.3 is 0 Å². The average Bonchev–Trinajstić information content (AvgIpc) is 3.73. The van der Waals surface area contributed by atoms with Crippen LogP contribution in [0.1, 0.15) is 34.3 Å². The molecule has 1 aliphatic rings. The number of carbonyl (C=O) groups excluding carboxylic acids is 1. The van der Waals surface area contributed by atoms with Crippen LogP contribution in [0.3, 0.4) is 0 Å². The van der Waals surface area contributed by atoms with Crippen molar-refractivity contribution >= 4 is 38.7 Å². The van der Waals surface area contributed by atoms with Gasteiger partial charge in [-0.1, -0.05) is 23.8 Å². The van der Waals surface area contributed by atoms with Gasteiger partial charge in [0, 0.05) is 28.8 Å². The molecule has 1 heterocycles. The van der Waals surface area contributed by atoms with Crippen LogP contribution in [0.4, 0.5) is 0 Å². The molecule has 5 rings (SSSR count). The molecule has 0 radical (unpaired) electrons. The molecule has 0 spiro atoms. The van der Waals surface area contributed by atoms with E-state index in [0.717, 1.165) is 41.2 Å². The second-order valence-electron chi connectivity index (χ2n) is 10.3. The third-order valence-electron chi connectivity index (χ3n) is 6.50. The van der Waals surface area contributed by atoms with Crippen LogP contribution in [-0.4, -0.2) is 65.8 Å². The van der Waals surface area contributed by atoms with Gasteiger partial charge in [-0.15, -0.1) is 11.8 Å². The van der Waals surface area contributed by atoms with Crippen LogP contribution >= 0.6 is 11.8 Å². The van der Waals surface area contributed by atoms with E-state index in [4.69, 9.17) is 4.55 Å². The fraction of sp³-hybridized carbons (Fsp3) is 0.300. The number of nitrogens with one attached hydrogen (secondary N) is 1. The molecule has 2 N–H and O–H groups in total. The van der Waals surface area contributed by atoms with Gasteiger partial charge in [0.1, 0.15) is 6.33 Å². The summed E-state index contributed by atoms with van der Waals surface area (Å²) in [5.74, 6) is 0.852. The van der Waals surface area contributed by atoms with Gasteiger partial charge in [0.05, 0.1) is 21.5 Å². The molecule has 216 valence electrons. The standard InChI is InChI=1S/C23H26N4O2S.C7H8O3S/c1-15-4-5-16(22(28)25-17-6-7-17)12-21(15)27-14-24-20-9-8-18(13-19(20)23(27)29)30-11-10-26(2)3;1-6-2-4-7(5-3-6)11(8,9)10/h4-5,8-9,12-14,17H,6-7,10-11H2,1-3H3,(H,25,28);2-5H,1H3,(H,8,9,10). The van der Waals surface area contributed by atoms with Crippen molar-refractivity contribution in [2.45, 2.75) is 42.5 Å². The Morgan fingerprint density at radius 3 is 2.41 bits per heavy atom. The predicted octanol–water partition coefficient (Wildman–Crippen LogP) is 4.48. The first-order chi connectivity index (χ1) is 19.4. The minimum absolute atomic E-state index is 0.0666. The lowest BCUT2D eigenvalue weighted by Crippen LogP contribution is -2.26. The molecule has 41 heavy (non-hydrogen) atoms. The third-order valence-corrected chi connectivity index (χ3v) is 8.34. The number of hydrogen-bond donors (Lipinski definition) is 2. The normalized spacial score (nSPS) is 13.1.